The lowest BCUT2D eigenvalue weighted by molar-refractivity contribution is 0.0247. The molecule has 0 atom stereocenters. The zero-order chi connectivity index (χ0) is 38.6. The van der Waals surface area contributed by atoms with Gasteiger partial charge >= 0.3 is 12.2 Å². The first-order valence-electron chi connectivity index (χ1n) is 16.6. The molecular weight excluding hydrogens is 696 g/mol. The number of benzene rings is 3. The van der Waals surface area contributed by atoms with Gasteiger partial charge in [-0.2, -0.15) is 8.42 Å². The molecule has 0 aliphatic heterocycles. The van der Waals surface area contributed by atoms with E-state index in [9.17, 15) is 18.0 Å². The zero-order valence-corrected chi connectivity index (χ0v) is 31.7. The summed E-state index contributed by atoms with van der Waals surface area (Å²) in [5.74, 6) is 1.20. The number of hydrogen-bond donors (Lipinski definition) is 3. The van der Waals surface area contributed by atoms with E-state index in [0.29, 0.717) is 55.9 Å². The predicted molar refractivity (Wildman–Crippen MR) is 197 cm³/mol. The van der Waals surface area contributed by atoms with E-state index >= 15 is 0 Å². The summed E-state index contributed by atoms with van der Waals surface area (Å²) in [6.45, 7) is 14.7. The Morgan fingerprint density at radius 1 is 0.596 bits per heavy atom. The molecule has 3 rings (SSSR count). The van der Waals surface area contributed by atoms with Crippen LogP contribution in [-0.2, 0) is 33.2 Å². The second kappa shape index (κ2) is 21.8. The fourth-order valence-corrected chi connectivity index (χ4v) is 4.69. The van der Waals surface area contributed by atoms with Crippen LogP contribution in [0.25, 0.3) is 0 Å². The van der Waals surface area contributed by atoms with Crippen LogP contribution in [0.15, 0.2) is 77.7 Å². The summed E-state index contributed by atoms with van der Waals surface area (Å²) < 4.78 is 60.8. The van der Waals surface area contributed by atoms with Crippen LogP contribution in [0.2, 0.25) is 0 Å². The fourth-order valence-electron chi connectivity index (χ4n) is 3.79. The molecule has 0 radical (unpaired) electrons. The van der Waals surface area contributed by atoms with Gasteiger partial charge in [-0.15, -0.1) is 0 Å². The monoisotopic (exact) mass is 748 g/mol. The van der Waals surface area contributed by atoms with Crippen LogP contribution in [0.5, 0.6) is 11.5 Å². The lowest BCUT2D eigenvalue weighted by atomic mass is 10.2. The summed E-state index contributed by atoms with van der Waals surface area (Å²) in [6, 6.07) is 20.0. The topological polar surface area (TPSA) is 177 Å². The maximum absolute atomic E-state index is 12.1. The number of aliphatic hydroxyl groups excluding tert-OH is 1. The van der Waals surface area contributed by atoms with Crippen LogP contribution in [0.4, 0.5) is 21.0 Å². The van der Waals surface area contributed by atoms with Crippen LogP contribution < -0.4 is 20.1 Å². The van der Waals surface area contributed by atoms with E-state index in [4.69, 9.17) is 37.7 Å². The van der Waals surface area contributed by atoms with Gasteiger partial charge in [0.25, 0.3) is 10.1 Å². The van der Waals surface area contributed by atoms with E-state index in [0.717, 1.165) is 5.56 Å². The number of aryl methyl sites for hydroxylation is 1. The Bertz CT molecular complexity index is 1580. The molecule has 0 unspecified atom stereocenters. The molecular formula is C37H52N2O12S. The van der Waals surface area contributed by atoms with E-state index in [1.54, 1.807) is 81.4 Å². The number of carbonyl (C=O) groups is 2. The zero-order valence-electron chi connectivity index (χ0n) is 30.9. The SMILES string of the molecule is CC(C)(C)OC(=O)Nc1ccc(OCCOCCOCCO)cc1.Cc1ccc(S(=O)(=O)OCCOc2ccc(NC(=O)OC(C)(C)C)cc2)cc1. The summed E-state index contributed by atoms with van der Waals surface area (Å²) in [5, 5.41) is 13.8. The average Bonchev–Trinajstić information content (AvgIpc) is 3.04. The van der Waals surface area contributed by atoms with Crippen molar-refractivity contribution in [1.29, 1.82) is 0 Å². The van der Waals surface area contributed by atoms with Crippen LogP contribution in [0.3, 0.4) is 0 Å². The number of nitrogens with one attached hydrogen (secondary N) is 2. The molecule has 0 saturated carbocycles. The van der Waals surface area contributed by atoms with Crippen molar-refractivity contribution in [3.63, 3.8) is 0 Å². The van der Waals surface area contributed by atoms with Gasteiger partial charge in [-0.1, -0.05) is 17.7 Å². The third-order valence-corrected chi connectivity index (χ3v) is 7.33. The molecule has 0 aliphatic carbocycles. The summed E-state index contributed by atoms with van der Waals surface area (Å²) in [4.78, 5) is 23.5. The van der Waals surface area contributed by atoms with Gasteiger partial charge in [0.15, 0.2) is 0 Å². The highest BCUT2D eigenvalue weighted by molar-refractivity contribution is 7.86. The fraction of sp³-hybridized carbons (Fsp3) is 0.459. The molecule has 0 heterocycles. The molecule has 288 valence electrons. The quantitative estimate of drug-likeness (QED) is 0.100. The van der Waals surface area contributed by atoms with Gasteiger partial charge in [-0.05, 0) is 109 Å². The van der Waals surface area contributed by atoms with Crippen LogP contribution >= 0.6 is 0 Å². The van der Waals surface area contributed by atoms with Gasteiger partial charge in [0.2, 0.25) is 0 Å². The third-order valence-electron chi connectivity index (χ3n) is 6.00. The average molecular weight is 749 g/mol. The van der Waals surface area contributed by atoms with Crippen molar-refractivity contribution in [2.75, 3.05) is 63.5 Å². The number of hydrogen-bond acceptors (Lipinski definition) is 12. The van der Waals surface area contributed by atoms with Gasteiger partial charge in [0.1, 0.15) is 42.5 Å². The van der Waals surface area contributed by atoms with Gasteiger partial charge in [0.05, 0.1) is 37.9 Å². The molecule has 52 heavy (non-hydrogen) atoms. The smallest absolute Gasteiger partial charge is 0.412 e. The van der Waals surface area contributed by atoms with Crippen LogP contribution in [0, 0.1) is 6.92 Å². The van der Waals surface area contributed by atoms with Crippen molar-refractivity contribution in [2.24, 2.45) is 0 Å². The first kappa shape index (κ1) is 43.8. The molecule has 0 aliphatic rings. The highest BCUT2D eigenvalue weighted by Crippen LogP contribution is 2.19. The minimum atomic E-state index is -3.81. The summed E-state index contributed by atoms with van der Waals surface area (Å²) in [7, 11) is -3.81. The molecule has 0 bridgehead atoms. The number of aliphatic hydroxyl groups is 1. The molecule has 0 spiro atoms. The number of amides is 2. The first-order valence-corrected chi connectivity index (χ1v) is 18.0. The van der Waals surface area contributed by atoms with Crippen molar-refractivity contribution in [2.45, 2.75) is 64.6 Å². The molecule has 0 fully saturated rings. The lowest BCUT2D eigenvalue weighted by Gasteiger charge is -2.19. The van der Waals surface area contributed by atoms with Gasteiger partial charge in [-0.3, -0.25) is 14.8 Å². The number of rotatable bonds is 17. The Balaban J connectivity index is 0.000000365. The van der Waals surface area contributed by atoms with Crippen LogP contribution in [0.1, 0.15) is 47.1 Å². The summed E-state index contributed by atoms with van der Waals surface area (Å²) in [5.41, 5.74) is 1.04. The van der Waals surface area contributed by atoms with E-state index in [-0.39, 0.29) is 24.7 Å². The van der Waals surface area contributed by atoms with E-state index in [2.05, 4.69) is 10.6 Å². The van der Waals surface area contributed by atoms with E-state index in [1.165, 1.54) is 12.1 Å². The Morgan fingerprint density at radius 3 is 1.42 bits per heavy atom. The maximum atomic E-state index is 12.1. The largest absolute Gasteiger partial charge is 0.491 e. The molecule has 0 aromatic heterocycles. The van der Waals surface area contributed by atoms with Crippen molar-refractivity contribution < 1.29 is 55.7 Å². The Hall–Kier alpha value is -4.41. The predicted octanol–water partition coefficient (Wildman–Crippen LogP) is 6.56. The minimum absolute atomic E-state index is 0.0158. The number of ether oxygens (including phenoxy) is 6. The molecule has 3 aromatic rings. The van der Waals surface area contributed by atoms with E-state index in [1.807, 2.05) is 27.7 Å². The summed E-state index contributed by atoms with van der Waals surface area (Å²) in [6.07, 6.45) is -1.04. The van der Waals surface area contributed by atoms with Gasteiger partial charge in [-0.25, -0.2) is 9.59 Å². The molecule has 3 aromatic carbocycles. The highest BCUT2D eigenvalue weighted by Gasteiger charge is 2.18. The second-order valence-electron chi connectivity index (χ2n) is 13.0. The second-order valence-corrected chi connectivity index (χ2v) is 14.7. The maximum Gasteiger partial charge on any atom is 0.412 e. The third kappa shape index (κ3) is 19.8. The van der Waals surface area contributed by atoms with Crippen molar-refractivity contribution in [3.8, 4) is 11.5 Å². The highest BCUT2D eigenvalue weighted by atomic mass is 32.2. The molecule has 14 nitrogen and oxygen atoms in total. The van der Waals surface area contributed by atoms with E-state index < -0.39 is 33.5 Å². The summed E-state index contributed by atoms with van der Waals surface area (Å²) >= 11 is 0. The van der Waals surface area contributed by atoms with Crippen molar-refractivity contribution >= 4 is 33.7 Å². The minimum Gasteiger partial charge on any atom is -0.491 e. The van der Waals surface area contributed by atoms with Crippen molar-refractivity contribution in [1.82, 2.24) is 0 Å². The Morgan fingerprint density at radius 2 is 1.00 bits per heavy atom. The number of carbonyl (C=O) groups excluding carboxylic acids is 2. The Labute approximate surface area is 306 Å². The Kier molecular flexibility index (Phi) is 18.4. The standard InChI is InChI=1S/C20H25NO6S.C17H27NO6/c1-15-5-11-18(12-6-15)28(23,24)26-14-13-25-17-9-7-16(8-10-17)21-19(22)27-20(2,3)4;1-17(2,3)24-16(20)18-14-4-6-15(7-5-14)23-13-12-22-11-10-21-9-8-19/h5-12H,13-14H2,1-4H3,(H,21,22);4-7,19H,8-13H2,1-3H3,(H,18,20). The van der Waals surface area contributed by atoms with Gasteiger partial charge < -0.3 is 33.5 Å². The van der Waals surface area contributed by atoms with Crippen molar-refractivity contribution in [3.05, 3.63) is 78.4 Å². The van der Waals surface area contributed by atoms with Crippen LogP contribution in [-0.4, -0.2) is 89.8 Å². The molecule has 15 heteroatoms. The molecule has 0 saturated heterocycles. The van der Waals surface area contributed by atoms with Gasteiger partial charge in [0, 0.05) is 11.4 Å². The molecule has 3 N–H and O–H groups in total. The molecule has 2 amide bonds. The lowest BCUT2D eigenvalue weighted by Crippen LogP contribution is -2.27. The normalized spacial score (nSPS) is 11.5. The number of anilines is 2. The first-order chi connectivity index (χ1) is 24.5.